The number of allylic oxidation sites excluding steroid dienone is 1. The maximum Gasteiger partial charge on any atom is 0.255 e. The van der Waals surface area contributed by atoms with Gasteiger partial charge in [-0.1, -0.05) is 61.2 Å². The topological polar surface area (TPSA) is 90.3 Å². The molecule has 2 N–H and O–H groups in total. The molecule has 1 unspecified atom stereocenters. The van der Waals surface area contributed by atoms with Crippen molar-refractivity contribution in [3.63, 3.8) is 0 Å². The predicted octanol–water partition coefficient (Wildman–Crippen LogP) is 7.37. The molecule has 41 heavy (non-hydrogen) atoms. The van der Waals surface area contributed by atoms with Crippen LogP contribution < -0.4 is 20.1 Å². The van der Waals surface area contributed by atoms with E-state index in [1.165, 1.54) is 0 Å². The molecule has 1 amide bonds. The molecule has 1 atom stereocenters. The molecule has 0 bridgehead atoms. The minimum Gasteiger partial charge on any atom is -0.493 e. The number of anilines is 2. The van der Waals surface area contributed by atoms with Gasteiger partial charge in [0.25, 0.3) is 5.91 Å². The minimum absolute atomic E-state index is 0.231. The number of methoxy groups -OCH3 is 1. The van der Waals surface area contributed by atoms with Gasteiger partial charge in [0.1, 0.15) is 12.6 Å². The van der Waals surface area contributed by atoms with Crippen molar-refractivity contribution in [1.29, 1.82) is 0 Å². The van der Waals surface area contributed by atoms with E-state index in [9.17, 15) is 4.79 Å². The number of rotatable bonds is 10. The van der Waals surface area contributed by atoms with E-state index in [0.717, 1.165) is 28.9 Å². The van der Waals surface area contributed by atoms with Gasteiger partial charge in [-0.05, 0) is 77.2 Å². The van der Waals surface area contributed by atoms with Gasteiger partial charge in [0.2, 0.25) is 11.1 Å². The molecule has 0 aliphatic carbocycles. The molecule has 4 aromatic rings. The van der Waals surface area contributed by atoms with Crippen molar-refractivity contribution < 1.29 is 14.3 Å². The molecule has 5 rings (SSSR count). The van der Waals surface area contributed by atoms with Gasteiger partial charge < -0.3 is 20.1 Å². The first-order valence-corrected chi connectivity index (χ1v) is 15.2. The van der Waals surface area contributed by atoms with Crippen LogP contribution in [0.25, 0.3) is 0 Å². The first-order valence-electron chi connectivity index (χ1n) is 13.4. The molecule has 0 fully saturated rings. The summed E-state index contributed by atoms with van der Waals surface area (Å²) >= 11 is 5.30. The highest BCUT2D eigenvalue weighted by Gasteiger charge is 2.35. The zero-order chi connectivity index (χ0) is 28.9. The summed E-state index contributed by atoms with van der Waals surface area (Å²) in [5, 5.41) is 11.8. The molecule has 8 nitrogen and oxygen atoms in total. The number of nitrogens with one attached hydrogen (secondary N) is 2. The van der Waals surface area contributed by atoms with Crippen molar-refractivity contribution in [3.05, 3.63) is 99.2 Å². The van der Waals surface area contributed by atoms with E-state index in [1.807, 2.05) is 67.6 Å². The first kappa shape index (κ1) is 28.8. The van der Waals surface area contributed by atoms with E-state index in [4.69, 9.17) is 19.6 Å². The average Bonchev–Trinajstić information content (AvgIpc) is 3.37. The summed E-state index contributed by atoms with van der Waals surface area (Å²) in [6.07, 6.45) is 1.00. The lowest BCUT2D eigenvalue weighted by Crippen LogP contribution is -2.31. The van der Waals surface area contributed by atoms with Crippen molar-refractivity contribution >= 4 is 45.2 Å². The van der Waals surface area contributed by atoms with Gasteiger partial charge in [-0.15, -0.1) is 5.10 Å². The lowest BCUT2D eigenvalue weighted by atomic mass is 9.94. The second-order valence-corrected chi connectivity index (χ2v) is 11.6. The number of ether oxygens (including phenoxy) is 2. The number of amides is 1. The zero-order valence-corrected chi connectivity index (χ0v) is 25.8. The highest BCUT2D eigenvalue weighted by molar-refractivity contribution is 9.10. The van der Waals surface area contributed by atoms with Crippen molar-refractivity contribution in [2.24, 2.45) is 0 Å². The summed E-state index contributed by atoms with van der Waals surface area (Å²) in [5.41, 5.74) is 4.98. The zero-order valence-electron chi connectivity index (χ0n) is 23.4. The highest BCUT2D eigenvalue weighted by Crippen LogP contribution is 2.43. The van der Waals surface area contributed by atoms with Crippen LogP contribution in [0.2, 0.25) is 0 Å². The summed E-state index contributed by atoms with van der Waals surface area (Å²) in [5.74, 6) is 2.38. The Morgan fingerprint density at radius 3 is 2.61 bits per heavy atom. The molecule has 0 saturated heterocycles. The molecule has 0 saturated carbocycles. The summed E-state index contributed by atoms with van der Waals surface area (Å²) in [4.78, 5) is 18.5. The van der Waals surface area contributed by atoms with Gasteiger partial charge in [-0.25, -0.2) is 4.68 Å². The van der Waals surface area contributed by atoms with Gasteiger partial charge in [0, 0.05) is 17.1 Å². The maximum atomic E-state index is 13.8. The van der Waals surface area contributed by atoms with E-state index in [2.05, 4.69) is 46.5 Å². The van der Waals surface area contributed by atoms with Gasteiger partial charge >= 0.3 is 0 Å². The van der Waals surface area contributed by atoms with Crippen LogP contribution in [-0.2, 0) is 11.4 Å². The van der Waals surface area contributed by atoms with Crippen LogP contribution in [0, 0.1) is 6.92 Å². The Kier molecular flexibility index (Phi) is 8.99. The summed E-state index contributed by atoms with van der Waals surface area (Å²) < 4.78 is 14.5. The third kappa shape index (κ3) is 6.28. The molecule has 1 aliphatic rings. The second kappa shape index (κ2) is 12.8. The molecular formula is C31H32BrN5O3S. The smallest absolute Gasteiger partial charge is 0.255 e. The number of halogens is 1. The van der Waals surface area contributed by atoms with Crippen LogP contribution in [0.3, 0.4) is 0 Å². The summed E-state index contributed by atoms with van der Waals surface area (Å²) in [6, 6.07) is 20.8. The Morgan fingerprint density at radius 1 is 1.12 bits per heavy atom. The molecule has 0 spiro atoms. The fourth-order valence-corrected chi connectivity index (χ4v) is 5.93. The van der Waals surface area contributed by atoms with Gasteiger partial charge in [0.15, 0.2) is 11.5 Å². The number of aromatic nitrogens is 3. The number of fused-ring (bicyclic) bond motifs is 1. The third-order valence-electron chi connectivity index (χ3n) is 6.75. The standard InChI is InChI=1S/C31H32BrN5O3S/c1-5-15-41-31-35-30-33-20(3)26(29(38)34-23-13-7-6-8-14-23)27(37(30)36-31)22-16-24(32)28(25(17-22)39-4)40-18-21-12-10-9-11-19(21)2/h6-14,16-17,27H,5,15,18H2,1-4H3,(H,34,38)(H,33,35,36). The van der Waals surface area contributed by atoms with E-state index in [0.29, 0.717) is 50.6 Å². The predicted molar refractivity (Wildman–Crippen MR) is 167 cm³/mol. The molecule has 0 radical (unpaired) electrons. The van der Waals surface area contributed by atoms with Gasteiger partial charge in [-0.3, -0.25) is 4.79 Å². The van der Waals surface area contributed by atoms with Crippen LogP contribution in [-0.4, -0.2) is 33.5 Å². The number of carbonyl (C=O) groups excluding carboxylic acids is 1. The molecule has 1 aromatic heterocycles. The summed E-state index contributed by atoms with van der Waals surface area (Å²) in [6.45, 7) is 6.46. The number of hydrogen-bond acceptors (Lipinski definition) is 7. The molecule has 1 aliphatic heterocycles. The van der Waals surface area contributed by atoms with E-state index in [-0.39, 0.29) is 5.91 Å². The van der Waals surface area contributed by atoms with Gasteiger partial charge in [0.05, 0.1) is 17.2 Å². The van der Waals surface area contributed by atoms with Crippen molar-refractivity contribution in [3.8, 4) is 11.5 Å². The fraction of sp³-hybridized carbons (Fsp3) is 0.258. The summed E-state index contributed by atoms with van der Waals surface area (Å²) in [7, 11) is 1.61. The molecule has 2 heterocycles. The number of benzene rings is 3. The van der Waals surface area contributed by atoms with Crippen molar-refractivity contribution in [2.75, 3.05) is 23.5 Å². The maximum absolute atomic E-state index is 13.8. The van der Waals surface area contributed by atoms with Crippen molar-refractivity contribution in [1.82, 2.24) is 14.8 Å². The lowest BCUT2D eigenvalue weighted by molar-refractivity contribution is -0.113. The first-order chi connectivity index (χ1) is 19.9. The van der Waals surface area contributed by atoms with Crippen LogP contribution in [0.15, 0.2) is 87.6 Å². The largest absolute Gasteiger partial charge is 0.493 e. The number of aryl methyl sites for hydroxylation is 1. The van der Waals surface area contributed by atoms with Crippen LogP contribution in [0.1, 0.15) is 43.0 Å². The van der Waals surface area contributed by atoms with Crippen LogP contribution >= 0.6 is 27.7 Å². The number of thioether (sulfide) groups is 1. The SMILES string of the molecule is CCCSc1nc2n(n1)C(c1cc(Br)c(OCc3ccccc3C)c(OC)c1)C(C(=O)Nc1ccccc1)=C(C)N2. The molecule has 3 aromatic carbocycles. The Morgan fingerprint density at radius 2 is 1.88 bits per heavy atom. The average molecular weight is 635 g/mol. The fourth-order valence-electron chi connectivity index (χ4n) is 4.67. The Hall–Kier alpha value is -3.76. The van der Waals surface area contributed by atoms with Crippen LogP contribution in [0.4, 0.5) is 11.6 Å². The van der Waals surface area contributed by atoms with Gasteiger partial charge in [-0.2, -0.15) is 4.98 Å². The quantitative estimate of drug-likeness (QED) is 0.176. The van der Waals surface area contributed by atoms with E-state index >= 15 is 0 Å². The monoisotopic (exact) mass is 633 g/mol. The minimum atomic E-state index is -0.561. The Balaban J connectivity index is 1.55. The normalized spacial score (nSPS) is 14.3. The lowest BCUT2D eigenvalue weighted by Gasteiger charge is -2.29. The van der Waals surface area contributed by atoms with E-state index in [1.54, 1.807) is 23.6 Å². The number of hydrogen-bond donors (Lipinski definition) is 2. The van der Waals surface area contributed by atoms with Crippen molar-refractivity contribution in [2.45, 2.75) is 45.0 Å². The molecule has 212 valence electrons. The van der Waals surface area contributed by atoms with Crippen LogP contribution in [0.5, 0.6) is 11.5 Å². The molecular weight excluding hydrogens is 602 g/mol. The van der Waals surface area contributed by atoms with E-state index < -0.39 is 6.04 Å². The number of para-hydroxylation sites is 1. The number of carbonyl (C=O) groups is 1. The Bertz CT molecular complexity index is 1590. The molecule has 10 heteroatoms. The highest BCUT2D eigenvalue weighted by atomic mass is 79.9. The number of nitrogens with zero attached hydrogens (tertiary/aromatic N) is 3. The Labute approximate surface area is 252 Å². The second-order valence-electron chi connectivity index (χ2n) is 9.65. The third-order valence-corrected chi connectivity index (χ3v) is 8.38.